The van der Waals surface area contributed by atoms with Gasteiger partial charge >= 0.3 is 0 Å². The predicted molar refractivity (Wildman–Crippen MR) is 64.7 cm³/mol. The molecule has 0 unspecified atom stereocenters. The summed E-state index contributed by atoms with van der Waals surface area (Å²) in [6.45, 7) is 1.52. The average molecular weight is 211 g/mol. The third-order valence-electron chi connectivity index (χ3n) is 2.25. The number of nitrogens with one attached hydrogen (secondary N) is 1. The second kappa shape index (κ2) is 5.24. The normalized spacial score (nSPS) is 10.2. The van der Waals surface area contributed by atoms with E-state index in [-0.39, 0.29) is 0 Å². The van der Waals surface area contributed by atoms with E-state index in [0.717, 1.165) is 29.7 Å². The highest BCUT2D eigenvalue weighted by atomic mass is 14.9. The molecule has 0 aliphatic rings. The van der Waals surface area contributed by atoms with Crippen molar-refractivity contribution in [1.29, 1.82) is 0 Å². The Morgan fingerprint density at radius 1 is 1.25 bits per heavy atom. The maximum atomic E-state index is 5.16. The molecule has 80 valence electrons. The van der Waals surface area contributed by atoms with Gasteiger partial charge in [-0.05, 0) is 12.1 Å². The number of nitrogens with zero attached hydrogens (tertiary/aromatic N) is 2. The van der Waals surface area contributed by atoms with Crippen molar-refractivity contribution < 1.29 is 0 Å². The van der Waals surface area contributed by atoms with Crippen molar-refractivity contribution in [2.45, 2.75) is 13.0 Å². The van der Waals surface area contributed by atoms with Gasteiger partial charge in [0, 0.05) is 19.5 Å². The van der Waals surface area contributed by atoms with Crippen LogP contribution in [0, 0.1) is 12.3 Å². The lowest BCUT2D eigenvalue weighted by Crippen LogP contribution is -2.15. The Bertz CT molecular complexity index is 514. The summed E-state index contributed by atoms with van der Waals surface area (Å²) in [5.41, 5.74) is 2.80. The molecule has 1 heterocycles. The molecule has 0 fully saturated rings. The first-order valence-corrected chi connectivity index (χ1v) is 5.25. The summed E-state index contributed by atoms with van der Waals surface area (Å²) >= 11 is 0. The summed E-state index contributed by atoms with van der Waals surface area (Å²) in [7, 11) is 0. The minimum absolute atomic E-state index is 0.708. The first kappa shape index (κ1) is 10.6. The fourth-order valence-electron chi connectivity index (χ4n) is 1.46. The summed E-state index contributed by atoms with van der Waals surface area (Å²) in [6.07, 6.45) is 7.70. The molecule has 3 heteroatoms. The van der Waals surface area contributed by atoms with Crippen molar-refractivity contribution in [3.63, 3.8) is 0 Å². The van der Waals surface area contributed by atoms with Gasteiger partial charge in [0.2, 0.25) is 0 Å². The van der Waals surface area contributed by atoms with E-state index in [1.165, 1.54) is 0 Å². The molecule has 0 spiro atoms. The van der Waals surface area contributed by atoms with Crippen molar-refractivity contribution in [1.82, 2.24) is 15.3 Å². The van der Waals surface area contributed by atoms with E-state index in [4.69, 9.17) is 6.42 Å². The number of aromatic nitrogens is 2. The zero-order chi connectivity index (χ0) is 11.2. The predicted octanol–water partition coefficient (Wildman–Crippen LogP) is 1.74. The van der Waals surface area contributed by atoms with Crippen molar-refractivity contribution in [3.05, 3.63) is 36.2 Å². The monoisotopic (exact) mass is 211 g/mol. The van der Waals surface area contributed by atoms with Crippen LogP contribution >= 0.6 is 0 Å². The third-order valence-corrected chi connectivity index (χ3v) is 2.25. The Labute approximate surface area is 94.9 Å². The maximum absolute atomic E-state index is 5.16. The topological polar surface area (TPSA) is 37.8 Å². The van der Waals surface area contributed by atoms with Gasteiger partial charge in [-0.15, -0.1) is 12.3 Å². The molecule has 1 N–H and O–H groups in total. The summed E-state index contributed by atoms with van der Waals surface area (Å²) in [5, 5.41) is 3.22. The van der Waals surface area contributed by atoms with Gasteiger partial charge in [0.05, 0.1) is 22.9 Å². The second-order valence-corrected chi connectivity index (χ2v) is 3.48. The first-order chi connectivity index (χ1) is 7.90. The van der Waals surface area contributed by atoms with E-state index in [1.807, 2.05) is 24.3 Å². The highest BCUT2D eigenvalue weighted by Crippen LogP contribution is 2.07. The molecule has 0 saturated carbocycles. The molecule has 0 radical (unpaired) electrons. The fourth-order valence-corrected chi connectivity index (χ4v) is 1.46. The Morgan fingerprint density at radius 2 is 2.06 bits per heavy atom. The van der Waals surface area contributed by atoms with Gasteiger partial charge in [-0.2, -0.15) is 0 Å². The summed E-state index contributed by atoms with van der Waals surface area (Å²) in [4.78, 5) is 8.83. The lowest BCUT2D eigenvalue weighted by molar-refractivity contribution is 0.687. The van der Waals surface area contributed by atoms with Crippen LogP contribution in [0.3, 0.4) is 0 Å². The molecule has 2 rings (SSSR count). The standard InChI is InChI=1S/C13H13N3/c1-2-3-8-14-9-11-10-15-12-6-4-5-7-13(12)16-11/h1,4-7,10,14H,3,8-9H2. The zero-order valence-corrected chi connectivity index (χ0v) is 8.98. The molecule has 16 heavy (non-hydrogen) atoms. The molecule has 1 aromatic heterocycles. The SMILES string of the molecule is C#CCCNCc1cnc2ccccc2n1. The molecule has 3 nitrogen and oxygen atoms in total. The van der Waals surface area contributed by atoms with E-state index >= 15 is 0 Å². The van der Waals surface area contributed by atoms with Crippen LogP contribution in [0.4, 0.5) is 0 Å². The Hall–Kier alpha value is -1.92. The van der Waals surface area contributed by atoms with Crippen molar-refractivity contribution in [3.8, 4) is 12.3 Å². The fraction of sp³-hybridized carbons (Fsp3) is 0.231. The molecule has 0 aliphatic heterocycles. The number of para-hydroxylation sites is 2. The molecular weight excluding hydrogens is 198 g/mol. The first-order valence-electron chi connectivity index (χ1n) is 5.25. The average Bonchev–Trinajstić information content (AvgIpc) is 2.34. The largest absolute Gasteiger partial charge is 0.310 e. The quantitative estimate of drug-likeness (QED) is 0.618. The molecule has 0 atom stereocenters. The van der Waals surface area contributed by atoms with Crippen LogP contribution in [-0.2, 0) is 6.54 Å². The summed E-state index contributed by atoms with van der Waals surface area (Å²) < 4.78 is 0. The minimum Gasteiger partial charge on any atom is -0.310 e. The van der Waals surface area contributed by atoms with Gasteiger partial charge in [-0.1, -0.05) is 12.1 Å². The van der Waals surface area contributed by atoms with Crippen LogP contribution in [0.25, 0.3) is 11.0 Å². The summed E-state index contributed by atoms with van der Waals surface area (Å²) in [5.74, 6) is 2.59. The summed E-state index contributed by atoms with van der Waals surface area (Å²) in [6, 6.07) is 7.85. The molecule has 2 aromatic rings. The lowest BCUT2D eigenvalue weighted by Gasteiger charge is -2.03. The van der Waals surface area contributed by atoms with Crippen molar-refractivity contribution in [2.75, 3.05) is 6.54 Å². The Balaban J connectivity index is 2.05. The van der Waals surface area contributed by atoms with Crippen LogP contribution in [-0.4, -0.2) is 16.5 Å². The van der Waals surface area contributed by atoms with E-state index in [2.05, 4.69) is 21.2 Å². The number of rotatable bonds is 4. The van der Waals surface area contributed by atoms with E-state index in [9.17, 15) is 0 Å². The number of benzene rings is 1. The van der Waals surface area contributed by atoms with Crippen LogP contribution in [0.1, 0.15) is 12.1 Å². The highest BCUT2D eigenvalue weighted by Gasteiger charge is 1.98. The van der Waals surface area contributed by atoms with E-state index < -0.39 is 0 Å². The van der Waals surface area contributed by atoms with Crippen molar-refractivity contribution in [2.24, 2.45) is 0 Å². The second-order valence-electron chi connectivity index (χ2n) is 3.48. The number of terminal acetylenes is 1. The molecule has 1 aromatic carbocycles. The molecule has 0 bridgehead atoms. The van der Waals surface area contributed by atoms with Crippen molar-refractivity contribution >= 4 is 11.0 Å². The van der Waals surface area contributed by atoms with Crippen LogP contribution in [0.5, 0.6) is 0 Å². The van der Waals surface area contributed by atoms with Gasteiger partial charge in [0.25, 0.3) is 0 Å². The Morgan fingerprint density at radius 3 is 2.88 bits per heavy atom. The Kier molecular flexibility index (Phi) is 3.47. The molecular formula is C13H13N3. The van der Waals surface area contributed by atoms with E-state index in [0.29, 0.717) is 6.54 Å². The number of hydrogen-bond donors (Lipinski definition) is 1. The number of hydrogen-bond acceptors (Lipinski definition) is 3. The molecule has 0 saturated heterocycles. The highest BCUT2D eigenvalue weighted by molar-refractivity contribution is 5.73. The van der Waals surface area contributed by atoms with Gasteiger partial charge in [0.15, 0.2) is 0 Å². The van der Waals surface area contributed by atoms with Gasteiger partial charge in [0.1, 0.15) is 0 Å². The number of fused-ring (bicyclic) bond motifs is 1. The minimum atomic E-state index is 0.708. The van der Waals surface area contributed by atoms with Gasteiger partial charge in [-0.25, -0.2) is 4.98 Å². The molecule has 0 aliphatic carbocycles. The van der Waals surface area contributed by atoms with Gasteiger partial charge in [-0.3, -0.25) is 4.98 Å². The van der Waals surface area contributed by atoms with Gasteiger partial charge < -0.3 is 5.32 Å². The molecule has 0 amide bonds. The maximum Gasteiger partial charge on any atom is 0.0890 e. The zero-order valence-electron chi connectivity index (χ0n) is 8.98. The smallest absolute Gasteiger partial charge is 0.0890 e. The lowest BCUT2D eigenvalue weighted by atomic mass is 10.3. The third kappa shape index (κ3) is 2.56. The van der Waals surface area contributed by atoms with E-state index in [1.54, 1.807) is 6.20 Å². The van der Waals surface area contributed by atoms with Crippen LogP contribution in [0.15, 0.2) is 30.5 Å². The van der Waals surface area contributed by atoms with Crippen LogP contribution < -0.4 is 5.32 Å². The van der Waals surface area contributed by atoms with Crippen LogP contribution in [0.2, 0.25) is 0 Å².